The summed E-state index contributed by atoms with van der Waals surface area (Å²) in [5, 5.41) is 14.4. The smallest absolute Gasteiger partial charge is 0.257 e. The highest BCUT2D eigenvalue weighted by atomic mass is 35.5. The SMILES string of the molecule is Cc1ccc(C(=O)N2CC3(CC(NCCc4nc5ccc(Cl)cc5[nH]4)C3)C2)c(O)c1. The molecule has 5 rings (SSSR count). The van der Waals surface area contributed by atoms with Crippen molar-refractivity contribution >= 4 is 28.5 Å². The first kappa shape index (κ1) is 19.4. The van der Waals surface area contributed by atoms with Gasteiger partial charge in [-0.15, -0.1) is 0 Å². The highest BCUT2D eigenvalue weighted by molar-refractivity contribution is 6.31. The summed E-state index contributed by atoms with van der Waals surface area (Å²) in [6.45, 7) is 4.33. The van der Waals surface area contributed by atoms with Crippen LogP contribution in [0.4, 0.5) is 0 Å². The number of hydrogen-bond donors (Lipinski definition) is 3. The number of nitrogens with zero attached hydrogens (tertiary/aromatic N) is 2. The lowest BCUT2D eigenvalue weighted by Crippen LogP contribution is -2.67. The van der Waals surface area contributed by atoms with E-state index in [1.165, 1.54) is 0 Å². The minimum absolute atomic E-state index is 0.0699. The third-order valence-corrected chi connectivity index (χ3v) is 6.61. The fourth-order valence-corrected chi connectivity index (χ4v) is 5.01. The van der Waals surface area contributed by atoms with E-state index in [1.54, 1.807) is 12.1 Å². The average molecular weight is 425 g/mol. The first-order valence-electron chi connectivity index (χ1n) is 10.4. The molecule has 1 saturated carbocycles. The molecule has 1 aromatic heterocycles. The summed E-state index contributed by atoms with van der Waals surface area (Å²) in [6.07, 6.45) is 3.02. The van der Waals surface area contributed by atoms with Crippen LogP contribution in [0.1, 0.15) is 34.6 Å². The number of phenolic OH excluding ortho intramolecular Hbond substituents is 1. The van der Waals surface area contributed by atoms with Gasteiger partial charge in [-0.25, -0.2) is 4.98 Å². The van der Waals surface area contributed by atoms with E-state index in [1.807, 2.05) is 36.1 Å². The molecule has 2 aliphatic rings. The number of aryl methyl sites for hydroxylation is 1. The maximum Gasteiger partial charge on any atom is 0.257 e. The van der Waals surface area contributed by atoms with E-state index in [0.717, 1.165) is 61.3 Å². The largest absolute Gasteiger partial charge is 0.507 e. The van der Waals surface area contributed by atoms with Crippen molar-refractivity contribution in [3.8, 4) is 5.75 Å². The van der Waals surface area contributed by atoms with Gasteiger partial charge in [0.1, 0.15) is 11.6 Å². The first-order chi connectivity index (χ1) is 14.4. The molecule has 1 amide bonds. The molecule has 0 radical (unpaired) electrons. The maximum absolute atomic E-state index is 12.6. The monoisotopic (exact) mass is 424 g/mol. The first-order valence-corrected chi connectivity index (χ1v) is 10.8. The molecule has 2 fully saturated rings. The number of likely N-dealkylation sites (tertiary alicyclic amines) is 1. The zero-order valence-electron chi connectivity index (χ0n) is 16.9. The number of aromatic amines is 1. The van der Waals surface area contributed by atoms with Gasteiger partial charge in [-0.05, 0) is 55.7 Å². The van der Waals surface area contributed by atoms with E-state index in [9.17, 15) is 9.90 Å². The number of benzene rings is 2. The van der Waals surface area contributed by atoms with Crippen molar-refractivity contribution in [2.45, 2.75) is 32.2 Å². The molecule has 0 atom stereocenters. The van der Waals surface area contributed by atoms with Gasteiger partial charge in [0.2, 0.25) is 0 Å². The molecule has 3 aromatic rings. The number of carbonyl (C=O) groups excluding carboxylic acids is 1. The topological polar surface area (TPSA) is 81.2 Å². The highest BCUT2D eigenvalue weighted by Crippen LogP contribution is 2.48. The Hall–Kier alpha value is -2.57. The number of fused-ring (bicyclic) bond motifs is 1. The van der Waals surface area contributed by atoms with Crippen LogP contribution >= 0.6 is 11.6 Å². The molecule has 0 bridgehead atoms. The minimum atomic E-state index is -0.0699. The number of hydrogen-bond acceptors (Lipinski definition) is 4. The Morgan fingerprint density at radius 1 is 1.30 bits per heavy atom. The van der Waals surface area contributed by atoms with Gasteiger partial charge in [0, 0.05) is 42.5 Å². The Labute approximate surface area is 180 Å². The second-order valence-corrected chi connectivity index (χ2v) is 9.27. The molecule has 1 aliphatic heterocycles. The highest BCUT2D eigenvalue weighted by Gasteiger charge is 2.53. The molecule has 30 heavy (non-hydrogen) atoms. The molecule has 7 heteroatoms. The molecule has 1 saturated heterocycles. The summed E-state index contributed by atoms with van der Waals surface area (Å²) in [4.78, 5) is 22.4. The van der Waals surface area contributed by atoms with Gasteiger partial charge in [0.25, 0.3) is 5.91 Å². The average Bonchev–Trinajstić information content (AvgIpc) is 3.03. The van der Waals surface area contributed by atoms with E-state index >= 15 is 0 Å². The summed E-state index contributed by atoms with van der Waals surface area (Å²) in [5.74, 6) is 0.966. The number of phenols is 1. The van der Waals surface area contributed by atoms with Crippen molar-refractivity contribution < 1.29 is 9.90 Å². The Morgan fingerprint density at radius 3 is 2.87 bits per heavy atom. The number of H-pyrrole nitrogens is 1. The zero-order valence-corrected chi connectivity index (χ0v) is 17.7. The Balaban J connectivity index is 1.07. The molecule has 156 valence electrons. The van der Waals surface area contributed by atoms with Crippen LogP contribution in [-0.2, 0) is 6.42 Å². The molecular weight excluding hydrogens is 400 g/mol. The van der Waals surface area contributed by atoms with Crippen LogP contribution in [0.15, 0.2) is 36.4 Å². The Bertz CT molecular complexity index is 1110. The summed E-state index contributed by atoms with van der Waals surface area (Å²) in [5.41, 5.74) is 3.51. The standard InChI is InChI=1S/C23H25ClN4O2/c1-14-2-4-17(20(29)8-14)22(30)28-12-23(13-28)10-16(11-23)25-7-6-21-26-18-5-3-15(24)9-19(18)27-21/h2-5,8-9,16,25,29H,6-7,10-13H2,1H3,(H,26,27). The fraction of sp³-hybridized carbons (Fsp3) is 0.391. The lowest BCUT2D eigenvalue weighted by Gasteiger charge is -2.59. The number of aromatic hydroxyl groups is 1. The van der Waals surface area contributed by atoms with Gasteiger partial charge in [-0.1, -0.05) is 17.7 Å². The molecule has 0 unspecified atom stereocenters. The van der Waals surface area contributed by atoms with Crippen LogP contribution in [0, 0.1) is 12.3 Å². The van der Waals surface area contributed by atoms with E-state index in [0.29, 0.717) is 16.6 Å². The molecule has 6 nitrogen and oxygen atoms in total. The van der Waals surface area contributed by atoms with Crippen molar-refractivity contribution in [1.29, 1.82) is 0 Å². The van der Waals surface area contributed by atoms with E-state index in [4.69, 9.17) is 11.6 Å². The molecular formula is C23H25ClN4O2. The van der Waals surface area contributed by atoms with Gasteiger partial charge >= 0.3 is 0 Å². The van der Waals surface area contributed by atoms with Crippen molar-refractivity contribution in [2.24, 2.45) is 5.41 Å². The Kier molecular flexibility index (Phi) is 4.71. The third-order valence-electron chi connectivity index (χ3n) is 6.37. The second kappa shape index (κ2) is 7.29. The summed E-state index contributed by atoms with van der Waals surface area (Å²) in [7, 11) is 0. The van der Waals surface area contributed by atoms with E-state index in [2.05, 4.69) is 15.3 Å². The summed E-state index contributed by atoms with van der Waals surface area (Å²) < 4.78 is 0. The maximum atomic E-state index is 12.6. The number of carbonyl (C=O) groups is 1. The van der Waals surface area contributed by atoms with Crippen LogP contribution in [0.2, 0.25) is 5.02 Å². The van der Waals surface area contributed by atoms with Gasteiger partial charge in [0.15, 0.2) is 0 Å². The van der Waals surface area contributed by atoms with Crippen LogP contribution in [0.3, 0.4) is 0 Å². The molecule has 2 heterocycles. The van der Waals surface area contributed by atoms with Crippen molar-refractivity contribution in [3.63, 3.8) is 0 Å². The second-order valence-electron chi connectivity index (χ2n) is 8.84. The van der Waals surface area contributed by atoms with Crippen molar-refractivity contribution in [3.05, 3.63) is 58.4 Å². The van der Waals surface area contributed by atoms with E-state index in [-0.39, 0.29) is 17.1 Å². The fourth-order valence-electron chi connectivity index (χ4n) is 4.84. The lowest BCUT2D eigenvalue weighted by atomic mass is 9.60. The van der Waals surface area contributed by atoms with Crippen LogP contribution < -0.4 is 5.32 Å². The number of imidazole rings is 1. The number of halogens is 1. The normalized spacial score (nSPS) is 17.9. The van der Waals surface area contributed by atoms with Crippen molar-refractivity contribution in [1.82, 2.24) is 20.2 Å². The summed E-state index contributed by atoms with van der Waals surface area (Å²) in [6, 6.07) is 11.4. The minimum Gasteiger partial charge on any atom is -0.507 e. The van der Waals surface area contributed by atoms with Crippen LogP contribution in [0.25, 0.3) is 11.0 Å². The van der Waals surface area contributed by atoms with Crippen LogP contribution in [0.5, 0.6) is 5.75 Å². The van der Waals surface area contributed by atoms with Gasteiger partial charge in [0.05, 0.1) is 16.6 Å². The predicted molar refractivity (Wildman–Crippen MR) is 117 cm³/mol. The number of nitrogens with one attached hydrogen (secondary N) is 2. The molecule has 1 aliphatic carbocycles. The van der Waals surface area contributed by atoms with Gasteiger partial charge in [-0.3, -0.25) is 4.79 Å². The molecule has 3 N–H and O–H groups in total. The molecule has 1 spiro atoms. The summed E-state index contributed by atoms with van der Waals surface area (Å²) >= 11 is 6.03. The number of rotatable bonds is 5. The van der Waals surface area contributed by atoms with Crippen molar-refractivity contribution in [2.75, 3.05) is 19.6 Å². The number of aromatic nitrogens is 2. The Morgan fingerprint density at radius 2 is 2.10 bits per heavy atom. The van der Waals surface area contributed by atoms with E-state index < -0.39 is 0 Å². The van der Waals surface area contributed by atoms with Gasteiger partial charge < -0.3 is 20.3 Å². The predicted octanol–water partition coefficient (Wildman–Crippen LogP) is 3.67. The lowest BCUT2D eigenvalue weighted by molar-refractivity contribution is -0.0610. The third kappa shape index (κ3) is 3.55. The number of amides is 1. The molecule has 2 aromatic carbocycles. The quantitative estimate of drug-likeness (QED) is 0.583. The zero-order chi connectivity index (χ0) is 20.9. The van der Waals surface area contributed by atoms with Gasteiger partial charge in [-0.2, -0.15) is 0 Å². The van der Waals surface area contributed by atoms with Crippen LogP contribution in [-0.4, -0.2) is 51.6 Å².